The highest BCUT2D eigenvalue weighted by Crippen LogP contribution is 2.21. The van der Waals surface area contributed by atoms with Crippen LogP contribution in [-0.2, 0) is 11.3 Å². The van der Waals surface area contributed by atoms with Crippen molar-refractivity contribution in [2.75, 3.05) is 26.2 Å². The van der Waals surface area contributed by atoms with Crippen LogP contribution in [-0.4, -0.2) is 56.7 Å². The molecule has 3 rings (SSSR count). The molecule has 1 amide bonds. The Labute approximate surface area is 162 Å². The van der Waals surface area contributed by atoms with Crippen molar-refractivity contribution in [3.8, 4) is 0 Å². The average molecular weight is 370 g/mol. The van der Waals surface area contributed by atoms with Gasteiger partial charge in [0.2, 0.25) is 5.91 Å². The number of amides is 1. The second-order valence-corrected chi connectivity index (χ2v) is 7.54. The molecule has 6 nitrogen and oxygen atoms in total. The van der Waals surface area contributed by atoms with E-state index in [1.807, 2.05) is 41.8 Å². The van der Waals surface area contributed by atoms with Crippen molar-refractivity contribution in [2.24, 2.45) is 0 Å². The minimum Gasteiger partial charge on any atom is -0.338 e. The van der Waals surface area contributed by atoms with Gasteiger partial charge in [0, 0.05) is 44.6 Å². The van der Waals surface area contributed by atoms with Gasteiger partial charge in [0.05, 0.1) is 11.4 Å². The Kier molecular flexibility index (Phi) is 6.26. The zero-order valence-corrected chi connectivity index (χ0v) is 17.0. The smallest absolute Gasteiger partial charge is 0.247 e. The number of aromatic nitrogens is 3. The van der Waals surface area contributed by atoms with Gasteiger partial charge in [0.1, 0.15) is 6.04 Å². The minimum atomic E-state index is -0.187. The van der Waals surface area contributed by atoms with E-state index in [1.165, 1.54) is 5.56 Å². The van der Waals surface area contributed by atoms with Gasteiger partial charge < -0.3 is 4.90 Å². The van der Waals surface area contributed by atoms with Crippen LogP contribution in [0.15, 0.2) is 24.4 Å². The quantitative estimate of drug-likeness (QED) is 0.786. The first-order valence-corrected chi connectivity index (χ1v) is 9.94. The van der Waals surface area contributed by atoms with Crippen molar-refractivity contribution >= 4 is 5.91 Å². The van der Waals surface area contributed by atoms with Gasteiger partial charge in [0.25, 0.3) is 0 Å². The molecule has 1 fully saturated rings. The lowest BCUT2D eigenvalue weighted by Gasteiger charge is -2.36. The van der Waals surface area contributed by atoms with E-state index >= 15 is 0 Å². The molecule has 146 valence electrons. The molecule has 2 aromatic heterocycles. The van der Waals surface area contributed by atoms with Crippen LogP contribution in [0.4, 0.5) is 0 Å². The summed E-state index contributed by atoms with van der Waals surface area (Å²) in [6.07, 6.45) is 3.65. The van der Waals surface area contributed by atoms with E-state index in [0.29, 0.717) is 0 Å². The summed E-state index contributed by atoms with van der Waals surface area (Å²) in [5.74, 6) is 0.205. The normalized spacial score (nSPS) is 16.5. The zero-order chi connectivity index (χ0) is 19.4. The van der Waals surface area contributed by atoms with E-state index < -0.39 is 0 Å². The van der Waals surface area contributed by atoms with Crippen LogP contribution in [0.5, 0.6) is 0 Å². The maximum Gasteiger partial charge on any atom is 0.247 e. The van der Waals surface area contributed by atoms with Crippen LogP contribution in [0.1, 0.15) is 48.5 Å². The van der Waals surface area contributed by atoms with Crippen molar-refractivity contribution in [1.29, 1.82) is 0 Å². The number of carbonyl (C=O) groups excluding carboxylic acids is 1. The fourth-order valence-electron chi connectivity index (χ4n) is 3.82. The van der Waals surface area contributed by atoms with Crippen molar-refractivity contribution in [3.63, 3.8) is 0 Å². The highest BCUT2D eigenvalue weighted by atomic mass is 16.2. The van der Waals surface area contributed by atoms with E-state index in [4.69, 9.17) is 0 Å². The van der Waals surface area contributed by atoms with E-state index in [0.717, 1.165) is 62.6 Å². The molecule has 27 heavy (non-hydrogen) atoms. The third kappa shape index (κ3) is 4.56. The van der Waals surface area contributed by atoms with E-state index in [2.05, 4.69) is 34.9 Å². The molecule has 1 saturated heterocycles. The van der Waals surface area contributed by atoms with Gasteiger partial charge in [-0.1, -0.05) is 19.4 Å². The number of rotatable bonds is 6. The average Bonchev–Trinajstić information content (AvgIpc) is 2.99. The third-order valence-electron chi connectivity index (χ3n) is 5.36. The maximum absolute atomic E-state index is 13.2. The second kappa shape index (κ2) is 8.65. The lowest BCUT2D eigenvalue weighted by molar-refractivity contribution is -0.137. The summed E-state index contributed by atoms with van der Waals surface area (Å²) in [7, 11) is 0. The first-order chi connectivity index (χ1) is 13.0. The highest BCUT2D eigenvalue weighted by Gasteiger charge is 2.29. The van der Waals surface area contributed by atoms with Gasteiger partial charge in [-0.25, -0.2) is 0 Å². The van der Waals surface area contributed by atoms with Crippen molar-refractivity contribution in [3.05, 3.63) is 47.0 Å². The van der Waals surface area contributed by atoms with E-state index in [1.54, 1.807) is 0 Å². The van der Waals surface area contributed by atoms with Crippen molar-refractivity contribution in [2.45, 2.75) is 53.1 Å². The standard InChI is InChI=1S/C21H31N5O/c1-5-7-20(26-18(4)14-17(3)23-26)21(27)25-12-10-24(11-13-25)15-19-16(2)8-6-9-22-19/h6,8-9,14,20H,5,7,10-13,15H2,1-4H3/t20-/m1/s1. The van der Waals surface area contributed by atoms with Gasteiger partial charge in [-0.2, -0.15) is 5.10 Å². The largest absolute Gasteiger partial charge is 0.338 e. The Morgan fingerprint density at radius 3 is 2.52 bits per heavy atom. The van der Waals surface area contributed by atoms with Crippen LogP contribution in [0.2, 0.25) is 0 Å². The molecule has 2 aromatic rings. The number of nitrogens with zero attached hydrogens (tertiary/aromatic N) is 5. The van der Waals surface area contributed by atoms with Crippen LogP contribution < -0.4 is 0 Å². The summed E-state index contributed by atoms with van der Waals surface area (Å²) in [5, 5.41) is 4.58. The number of aryl methyl sites for hydroxylation is 3. The number of carbonyl (C=O) groups is 1. The Bertz CT molecular complexity index is 777. The summed E-state index contributed by atoms with van der Waals surface area (Å²) in [6, 6.07) is 5.94. The molecular formula is C21H31N5O. The van der Waals surface area contributed by atoms with Gasteiger partial charge in [-0.15, -0.1) is 0 Å². The number of piperazine rings is 1. The third-order valence-corrected chi connectivity index (χ3v) is 5.36. The zero-order valence-electron chi connectivity index (χ0n) is 17.0. The lowest BCUT2D eigenvalue weighted by atomic mass is 10.1. The summed E-state index contributed by atoms with van der Waals surface area (Å²) in [4.78, 5) is 22.1. The Hall–Kier alpha value is -2.21. The molecule has 0 aliphatic carbocycles. The fraction of sp³-hybridized carbons (Fsp3) is 0.571. The lowest BCUT2D eigenvalue weighted by Crippen LogP contribution is -2.50. The van der Waals surface area contributed by atoms with Crippen molar-refractivity contribution in [1.82, 2.24) is 24.6 Å². The van der Waals surface area contributed by atoms with E-state index in [-0.39, 0.29) is 11.9 Å². The van der Waals surface area contributed by atoms with Crippen LogP contribution in [0.25, 0.3) is 0 Å². The second-order valence-electron chi connectivity index (χ2n) is 7.54. The predicted octanol–water partition coefficient (Wildman–Crippen LogP) is 2.89. The summed E-state index contributed by atoms with van der Waals surface area (Å²) in [6.45, 7) is 12.4. The first kappa shape index (κ1) is 19.5. The molecule has 0 spiro atoms. The maximum atomic E-state index is 13.2. The monoisotopic (exact) mass is 369 g/mol. The van der Waals surface area contributed by atoms with Crippen LogP contribution in [0, 0.1) is 20.8 Å². The molecule has 3 heterocycles. The van der Waals surface area contributed by atoms with Gasteiger partial charge in [-0.3, -0.25) is 19.4 Å². The molecule has 0 radical (unpaired) electrons. The van der Waals surface area contributed by atoms with Gasteiger partial charge in [0.15, 0.2) is 0 Å². The number of hydrogen-bond donors (Lipinski definition) is 0. The molecule has 0 bridgehead atoms. The number of hydrogen-bond acceptors (Lipinski definition) is 4. The minimum absolute atomic E-state index is 0.187. The van der Waals surface area contributed by atoms with Gasteiger partial charge >= 0.3 is 0 Å². The molecule has 6 heteroatoms. The molecule has 1 aliphatic rings. The molecule has 0 N–H and O–H groups in total. The van der Waals surface area contributed by atoms with Crippen LogP contribution >= 0.6 is 0 Å². The first-order valence-electron chi connectivity index (χ1n) is 9.94. The van der Waals surface area contributed by atoms with Gasteiger partial charge in [-0.05, 0) is 44.9 Å². The summed E-state index contributed by atoms with van der Waals surface area (Å²) in [5.41, 5.74) is 4.38. The highest BCUT2D eigenvalue weighted by molar-refractivity contribution is 5.80. The van der Waals surface area contributed by atoms with Crippen LogP contribution in [0.3, 0.4) is 0 Å². The molecule has 1 aliphatic heterocycles. The molecule has 0 unspecified atom stereocenters. The fourth-order valence-corrected chi connectivity index (χ4v) is 3.82. The van der Waals surface area contributed by atoms with E-state index in [9.17, 15) is 4.79 Å². The predicted molar refractivity (Wildman–Crippen MR) is 106 cm³/mol. The molecular weight excluding hydrogens is 338 g/mol. The molecule has 0 aromatic carbocycles. The Morgan fingerprint density at radius 2 is 1.93 bits per heavy atom. The molecule has 0 saturated carbocycles. The topological polar surface area (TPSA) is 54.3 Å². The summed E-state index contributed by atoms with van der Waals surface area (Å²) < 4.78 is 1.92. The summed E-state index contributed by atoms with van der Waals surface area (Å²) >= 11 is 0. The number of pyridine rings is 1. The Balaban J connectivity index is 1.63. The Morgan fingerprint density at radius 1 is 1.19 bits per heavy atom. The molecule has 1 atom stereocenters. The van der Waals surface area contributed by atoms with Crippen molar-refractivity contribution < 1.29 is 4.79 Å². The SMILES string of the molecule is CCC[C@H](C(=O)N1CCN(Cc2ncccc2C)CC1)n1nc(C)cc1C.